The van der Waals surface area contributed by atoms with Crippen molar-refractivity contribution in [2.75, 3.05) is 43.5 Å². The number of anilines is 2. The van der Waals surface area contributed by atoms with Crippen LogP contribution in [0.2, 0.25) is 5.02 Å². The molecule has 0 aromatic heterocycles. The fourth-order valence-electron chi connectivity index (χ4n) is 4.11. The van der Waals surface area contributed by atoms with Gasteiger partial charge in [0.05, 0.1) is 32.5 Å². The van der Waals surface area contributed by atoms with Crippen LogP contribution in [0.15, 0.2) is 66.7 Å². The van der Waals surface area contributed by atoms with Gasteiger partial charge < -0.3 is 40.7 Å². The van der Waals surface area contributed by atoms with Crippen LogP contribution in [0.25, 0.3) is 0 Å². The maximum atomic E-state index is 12.2. The van der Waals surface area contributed by atoms with E-state index in [4.69, 9.17) is 21.1 Å². The lowest BCUT2D eigenvalue weighted by Crippen LogP contribution is -2.22. The molecule has 41 heavy (non-hydrogen) atoms. The summed E-state index contributed by atoms with van der Waals surface area (Å²) in [6.45, 7) is 3.07. The highest BCUT2D eigenvalue weighted by Gasteiger charge is 2.10. The zero-order chi connectivity index (χ0) is 29.3. The number of aliphatic hydroxyl groups is 2. The first kappa shape index (κ1) is 32.3. The minimum atomic E-state index is -0.691. The Morgan fingerprint density at radius 2 is 1.59 bits per heavy atom. The standard InChI is InChI=1S/C31H40ClN3O6/c32-26-8-6-10-28(19-26)35-31(39)34-27-9-5-7-23(17-27)22-41-16-15-40-14-4-2-1-3-13-33-20-30(38)24-11-12-29(37)25(18-24)21-36/h5-12,17-19,30,33,36-38H,1-4,13-16,20-22H2,(H2,34,35,39)/t30-/m0/s1. The Kier molecular flexibility index (Phi) is 14.4. The van der Waals surface area contributed by atoms with E-state index >= 15 is 0 Å². The van der Waals surface area contributed by atoms with Gasteiger partial charge in [-0.2, -0.15) is 0 Å². The molecule has 0 unspecified atom stereocenters. The van der Waals surface area contributed by atoms with Gasteiger partial charge in [0.25, 0.3) is 0 Å². The van der Waals surface area contributed by atoms with E-state index in [9.17, 15) is 20.1 Å². The fraction of sp³-hybridized carbons (Fsp3) is 0.387. The van der Waals surface area contributed by atoms with Crippen molar-refractivity contribution in [2.45, 2.75) is 45.0 Å². The van der Waals surface area contributed by atoms with Crippen LogP contribution < -0.4 is 16.0 Å². The SMILES string of the molecule is O=C(Nc1cccc(Cl)c1)Nc1cccc(COCCOCCCCCCNC[C@H](O)c2ccc(O)c(CO)c2)c1. The first-order chi connectivity index (χ1) is 19.9. The summed E-state index contributed by atoms with van der Waals surface area (Å²) < 4.78 is 11.4. The third kappa shape index (κ3) is 12.5. The fourth-order valence-corrected chi connectivity index (χ4v) is 4.30. The van der Waals surface area contributed by atoms with E-state index in [2.05, 4.69) is 16.0 Å². The molecule has 0 radical (unpaired) electrons. The Bertz CT molecular complexity index is 1210. The molecule has 0 aliphatic rings. The highest BCUT2D eigenvalue weighted by atomic mass is 35.5. The molecule has 0 spiro atoms. The van der Waals surface area contributed by atoms with Crippen molar-refractivity contribution in [3.63, 3.8) is 0 Å². The predicted molar refractivity (Wildman–Crippen MR) is 161 cm³/mol. The lowest BCUT2D eigenvalue weighted by atomic mass is 10.1. The molecule has 0 saturated heterocycles. The van der Waals surface area contributed by atoms with Gasteiger partial charge in [0.15, 0.2) is 0 Å². The van der Waals surface area contributed by atoms with Crippen LogP contribution in [-0.4, -0.2) is 54.3 Å². The number of carbonyl (C=O) groups excluding carboxylic acids is 1. The average Bonchev–Trinajstić information content (AvgIpc) is 2.95. The normalized spacial score (nSPS) is 11.8. The van der Waals surface area contributed by atoms with Crippen molar-refractivity contribution in [1.82, 2.24) is 5.32 Å². The molecule has 1 atom stereocenters. The van der Waals surface area contributed by atoms with E-state index in [1.54, 1.807) is 36.4 Å². The number of urea groups is 1. The molecule has 10 heteroatoms. The first-order valence-electron chi connectivity index (χ1n) is 13.8. The second kappa shape index (κ2) is 18.3. The maximum absolute atomic E-state index is 12.2. The number of hydrogen-bond donors (Lipinski definition) is 6. The molecule has 0 aliphatic carbocycles. The molecular weight excluding hydrogens is 546 g/mol. The monoisotopic (exact) mass is 585 g/mol. The summed E-state index contributed by atoms with van der Waals surface area (Å²) >= 11 is 5.95. The summed E-state index contributed by atoms with van der Waals surface area (Å²) in [5.74, 6) is 0.0297. The van der Waals surface area contributed by atoms with Crippen LogP contribution in [-0.2, 0) is 22.7 Å². The summed E-state index contributed by atoms with van der Waals surface area (Å²) in [7, 11) is 0. The largest absolute Gasteiger partial charge is 0.508 e. The molecule has 0 aliphatic heterocycles. The number of ether oxygens (including phenoxy) is 2. The number of hydrogen-bond acceptors (Lipinski definition) is 7. The molecule has 0 bridgehead atoms. The number of benzene rings is 3. The topological polar surface area (TPSA) is 132 Å². The van der Waals surface area contributed by atoms with Crippen LogP contribution in [0.3, 0.4) is 0 Å². The molecule has 0 heterocycles. The van der Waals surface area contributed by atoms with Crippen LogP contribution in [0.1, 0.15) is 48.5 Å². The zero-order valence-electron chi connectivity index (χ0n) is 23.2. The van der Waals surface area contributed by atoms with Gasteiger partial charge in [-0.25, -0.2) is 4.79 Å². The van der Waals surface area contributed by atoms with Crippen LogP contribution in [0.5, 0.6) is 5.75 Å². The summed E-state index contributed by atoms with van der Waals surface area (Å²) in [6, 6.07) is 18.9. The number of amides is 2. The summed E-state index contributed by atoms with van der Waals surface area (Å²) in [5.41, 5.74) is 3.31. The molecule has 0 fully saturated rings. The van der Waals surface area contributed by atoms with E-state index in [0.29, 0.717) is 60.5 Å². The molecule has 6 N–H and O–H groups in total. The molecule has 9 nitrogen and oxygen atoms in total. The van der Waals surface area contributed by atoms with Crippen molar-refractivity contribution in [1.29, 1.82) is 0 Å². The van der Waals surface area contributed by atoms with Crippen LogP contribution in [0, 0.1) is 0 Å². The smallest absolute Gasteiger partial charge is 0.323 e. The third-order valence-corrected chi connectivity index (χ3v) is 6.53. The Morgan fingerprint density at radius 3 is 2.37 bits per heavy atom. The lowest BCUT2D eigenvalue weighted by molar-refractivity contribution is 0.0393. The van der Waals surface area contributed by atoms with Gasteiger partial charge in [0.2, 0.25) is 0 Å². The molecule has 3 aromatic carbocycles. The molecular formula is C31H40ClN3O6. The molecule has 0 saturated carbocycles. The van der Waals surface area contributed by atoms with Gasteiger partial charge in [-0.3, -0.25) is 0 Å². The Labute approximate surface area is 246 Å². The van der Waals surface area contributed by atoms with Gasteiger partial charge in [-0.15, -0.1) is 0 Å². The van der Waals surface area contributed by atoms with E-state index in [0.717, 1.165) is 37.8 Å². The van der Waals surface area contributed by atoms with Crippen molar-refractivity contribution < 1.29 is 29.6 Å². The van der Waals surface area contributed by atoms with Crippen molar-refractivity contribution >= 4 is 29.0 Å². The Morgan fingerprint density at radius 1 is 0.854 bits per heavy atom. The number of rotatable bonds is 18. The van der Waals surface area contributed by atoms with Gasteiger partial charge in [0.1, 0.15) is 5.75 Å². The maximum Gasteiger partial charge on any atom is 0.323 e. The Hall–Kier alpha value is -3.18. The molecule has 2 amide bonds. The second-order valence-electron chi connectivity index (χ2n) is 9.64. The highest BCUT2D eigenvalue weighted by molar-refractivity contribution is 6.30. The Balaban J connectivity index is 1.16. The van der Waals surface area contributed by atoms with Crippen molar-refractivity contribution in [3.8, 4) is 5.75 Å². The third-order valence-electron chi connectivity index (χ3n) is 6.30. The predicted octanol–water partition coefficient (Wildman–Crippen LogP) is 5.60. The van der Waals surface area contributed by atoms with Gasteiger partial charge in [-0.05, 0) is 73.0 Å². The van der Waals surface area contributed by atoms with Gasteiger partial charge in [-0.1, -0.05) is 48.7 Å². The highest BCUT2D eigenvalue weighted by Crippen LogP contribution is 2.22. The number of aliphatic hydroxyl groups excluding tert-OH is 2. The van der Waals surface area contributed by atoms with Gasteiger partial charge >= 0.3 is 6.03 Å². The van der Waals surface area contributed by atoms with E-state index in [-0.39, 0.29) is 18.4 Å². The van der Waals surface area contributed by atoms with E-state index in [1.165, 1.54) is 6.07 Å². The van der Waals surface area contributed by atoms with E-state index in [1.807, 2.05) is 24.3 Å². The van der Waals surface area contributed by atoms with E-state index < -0.39 is 6.10 Å². The van der Waals surface area contributed by atoms with Crippen molar-refractivity contribution in [3.05, 3.63) is 88.4 Å². The summed E-state index contributed by atoms with van der Waals surface area (Å²) in [5, 5.41) is 38.5. The summed E-state index contributed by atoms with van der Waals surface area (Å²) in [4.78, 5) is 12.2. The van der Waals surface area contributed by atoms with Crippen molar-refractivity contribution in [2.24, 2.45) is 0 Å². The second-order valence-corrected chi connectivity index (χ2v) is 10.1. The molecule has 3 rings (SSSR count). The molecule has 222 valence electrons. The minimum Gasteiger partial charge on any atom is -0.508 e. The minimum absolute atomic E-state index is 0.0297. The number of nitrogens with one attached hydrogen (secondary N) is 3. The number of halogens is 1. The number of phenols is 1. The lowest BCUT2D eigenvalue weighted by Gasteiger charge is -2.14. The van der Waals surface area contributed by atoms with Crippen LogP contribution >= 0.6 is 11.6 Å². The quantitative estimate of drug-likeness (QED) is 0.107. The summed E-state index contributed by atoms with van der Waals surface area (Å²) in [6.07, 6.45) is 3.42. The van der Waals surface area contributed by atoms with Crippen LogP contribution in [0.4, 0.5) is 16.2 Å². The number of carbonyl (C=O) groups is 1. The average molecular weight is 586 g/mol. The zero-order valence-corrected chi connectivity index (χ0v) is 23.9. The van der Waals surface area contributed by atoms with Gasteiger partial charge in [0, 0.05) is 35.1 Å². The number of aromatic hydroxyl groups is 1. The number of unbranched alkanes of at least 4 members (excludes halogenated alkanes) is 3. The first-order valence-corrected chi connectivity index (χ1v) is 14.2. The molecule has 3 aromatic rings.